The van der Waals surface area contributed by atoms with Gasteiger partial charge in [-0.25, -0.2) is 4.98 Å². The highest BCUT2D eigenvalue weighted by Crippen LogP contribution is 2.23. The fraction of sp³-hybridized carbons (Fsp3) is 0.158. The smallest absolute Gasteiger partial charge is 0.149 e. The minimum atomic E-state index is 0.428. The van der Waals surface area contributed by atoms with Crippen molar-refractivity contribution in [2.45, 2.75) is 6.92 Å². The maximum absolute atomic E-state index is 5.92. The largest absolute Gasteiger partial charge is 0.490 e. The Bertz CT molecular complexity index is 980. The Balaban J connectivity index is 1.57. The van der Waals surface area contributed by atoms with Crippen LogP contribution in [-0.4, -0.2) is 27.9 Å². The van der Waals surface area contributed by atoms with Crippen molar-refractivity contribution in [1.29, 1.82) is 0 Å². The average Bonchev–Trinajstić information content (AvgIpc) is 2.95. The normalized spacial score (nSPS) is 11.0. The monoisotopic (exact) mass is 319 g/mol. The van der Waals surface area contributed by atoms with E-state index >= 15 is 0 Å². The molecular formula is C19H17N3O2. The lowest BCUT2D eigenvalue weighted by molar-refractivity contribution is 0.0858. The topological polar surface area (TPSA) is 49.2 Å². The Kier molecular flexibility index (Phi) is 3.75. The van der Waals surface area contributed by atoms with Gasteiger partial charge in [-0.2, -0.15) is 4.73 Å². The first-order valence-electron chi connectivity index (χ1n) is 7.87. The first-order valence-corrected chi connectivity index (χ1v) is 7.87. The predicted octanol–water partition coefficient (Wildman–Crippen LogP) is 3.40. The van der Waals surface area contributed by atoms with Crippen LogP contribution >= 0.6 is 0 Å². The highest BCUT2D eigenvalue weighted by Gasteiger charge is 2.12. The van der Waals surface area contributed by atoms with Crippen molar-refractivity contribution < 1.29 is 9.57 Å². The van der Waals surface area contributed by atoms with Crippen molar-refractivity contribution in [3.8, 4) is 5.75 Å². The molecule has 0 aliphatic heterocycles. The predicted molar refractivity (Wildman–Crippen MR) is 93.2 cm³/mol. The number of fused-ring (bicyclic) bond motifs is 3. The molecule has 2 heterocycles. The van der Waals surface area contributed by atoms with Gasteiger partial charge < -0.3 is 9.57 Å². The third-order valence-corrected chi connectivity index (χ3v) is 3.82. The van der Waals surface area contributed by atoms with Crippen LogP contribution in [-0.2, 0) is 0 Å². The van der Waals surface area contributed by atoms with Gasteiger partial charge in [0.05, 0.1) is 11.7 Å². The number of ether oxygens (including phenoxy) is 1. The van der Waals surface area contributed by atoms with Crippen molar-refractivity contribution in [3.05, 3.63) is 66.6 Å². The van der Waals surface area contributed by atoms with Gasteiger partial charge in [0.25, 0.3) is 0 Å². The summed E-state index contributed by atoms with van der Waals surface area (Å²) in [6.07, 6.45) is 1.78. The molecule has 4 aromatic rings. The Morgan fingerprint density at radius 2 is 1.71 bits per heavy atom. The molecule has 2 aromatic heterocycles. The number of hydrogen-bond donors (Lipinski definition) is 0. The Morgan fingerprint density at radius 1 is 0.917 bits per heavy atom. The second-order valence-corrected chi connectivity index (χ2v) is 5.46. The fourth-order valence-electron chi connectivity index (χ4n) is 2.76. The third-order valence-electron chi connectivity index (χ3n) is 3.82. The molecule has 0 N–H and O–H groups in total. The van der Waals surface area contributed by atoms with Gasteiger partial charge in [-0.1, -0.05) is 36.4 Å². The van der Waals surface area contributed by atoms with Crippen molar-refractivity contribution in [2.24, 2.45) is 0 Å². The summed E-state index contributed by atoms with van der Waals surface area (Å²) in [4.78, 5) is 14.9. The first-order chi connectivity index (χ1) is 11.8. The van der Waals surface area contributed by atoms with E-state index in [0.717, 1.165) is 33.5 Å². The second kappa shape index (κ2) is 6.20. The van der Waals surface area contributed by atoms with E-state index in [0.29, 0.717) is 13.2 Å². The molecule has 0 aliphatic rings. The summed E-state index contributed by atoms with van der Waals surface area (Å²) in [5.74, 6) is 1.63. The Labute approximate surface area is 139 Å². The molecule has 24 heavy (non-hydrogen) atoms. The number of nitrogens with zero attached hydrogens (tertiary/aromatic N) is 3. The lowest BCUT2D eigenvalue weighted by atomic mass is 10.2. The van der Waals surface area contributed by atoms with Gasteiger partial charge in [0, 0.05) is 5.39 Å². The molecule has 4 rings (SSSR count). The maximum atomic E-state index is 5.92. The molecular weight excluding hydrogens is 302 g/mol. The summed E-state index contributed by atoms with van der Waals surface area (Å²) < 4.78 is 7.44. The standard InChI is InChI=1S/C19H17N3O2/c1-14-21-18-13-20-17-10-6-5-9-16(17)19(18)22(14)24-12-11-23-15-7-3-2-4-8-15/h2-10,13H,11-12H2,1H3. The van der Waals surface area contributed by atoms with Crippen LogP contribution in [0.15, 0.2) is 60.8 Å². The first kappa shape index (κ1) is 14.5. The number of imidazole rings is 1. The summed E-state index contributed by atoms with van der Waals surface area (Å²) in [7, 11) is 0. The summed E-state index contributed by atoms with van der Waals surface area (Å²) >= 11 is 0. The third kappa shape index (κ3) is 2.65. The summed E-state index contributed by atoms with van der Waals surface area (Å²) in [6.45, 7) is 2.82. The van der Waals surface area contributed by atoms with Crippen molar-refractivity contribution in [1.82, 2.24) is 14.7 Å². The van der Waals surface area contributed by atoms with E-state index in [1.165, 1.54) is 0 Å². The molecule has 0 fully saturated rings. The van der Waals surface area contributed by atoms with Crippen LogP contribution in [0.4, 0.5) is 0 Å². The van der Waals surface area contributed by atoms with Gasteiger partial charge >= 0.3 is 0 Å². The highest BCUT2D eigenvalue weighted by molar-refractivity contribution is 6.01. The van der Waals surface area contributed by atoms with E-state index in [-0.39, 0.29) is 0 Å². The molecule has 0 unspecified atom stereocenters. The van der Waals surface area contributed by atoms with Crippen LogP contribution in [0.2, 0.25) is 0 Å². The van der Waals surface area contributed by atoms with E-state index < -0.39 is 0 Å². The van der Waals surface area contributed by atoms with Gasteiger partial charge in [0.15, 0.2) is 0 Å². The van der Waals surface area contributed by atoms with E-state index in [1.54, 1.807) is 10.9 Å². The SMILES string of the molecule is Cc1nc2cnc3ccccc3c2n1OCCOc1ccccc1. The molecule has 0 saturated carbocycles. The van der Waals surface area contributed by atoms with Crippen LogP contribution < -0.4 is 9.57 Å². The minimum absolute atomic E-state index is 0.428. The zero-order valence-corrected chi connectivity index (χ0v) is 13.3. The molecule has 2 aromatic carbocycles. The Hall–Kier alpha value is -3.08. The number of aryl methyl sites for hydroxylation is 1. The molecule has 5 heteroatoms. The molecule has 0 saturated heterocycles. The fourth-order valence-corrected chi connectivity index (χ4v) is 2.76. The van der Waals surface area contributed by atoms with Crippen LogP contribution in [0, 0.1) is 6.92 Å². The lowest BCUT2D eigenvalue weighted by Gasteiger charge is -2.11. The van der Waals surface area contributed by atoms with E-state index in [1.807, 2.05) is 61.5 Å². The summed E-state index contributed by atoms with van der Waals surface area (Å²) in [5, 5.41) is 1.03. The van der Waals surface area contributed by atoms with Crippen molar-refractivity contribution >= 4 is 21.9 Å². The molecule has 0 spiro atoms. The lowest BCUT2D eigenvalue weighted by Crippen LogP contribution is -2.19. The number of benzene rings is 2. The number of pyridine rings is 1. The van der Waals surface area contributed by atoms with Crippen LogP contribution in [0.5, 0.6) is 5.75 Å². The van der Waals surface area contributed by atoms with E-state index in [4.69, 9.17) is 9.57 Å². The number of hydrogen-bond acceptors (Lipinski definition) is 4. The quantitative estimate of drug-likeness (QED) is 0.529. The summed E-state index contributed by atoms with van der Waals surface area (Å²) in [5.41, 5.74) is 2.70. The molecule has 120 valence electrons. The molecule has 5 nitrogen and oxygen atoms in total. The molecule has 0 atom stereocenters. The van der Waals surface area contributed by atoms with Crippen molar-refractivity contribution in [2.75, 3.05) is 13.2 Å². The summed E-state index contributed by atoms with van der Waals surface area (Å²) in [6, 6.07) is 17.7. The molecule has 0 radical (unpaired) electrons. The zero-order chi connectivity index (χ0) is 16.4. The highest BCUT2D eigenvalue weighted by atomic mass is 16.7. The van der Waals surface area contributed by atoms with Gasteiger partial charge in [-0.05, 0) is 25.1 Å². The van der Waals surface area contributed by atoms with Crippen LogP contribution in [0.1, 0.15) is 5.82 Å². The van der Waals surface area contributed by atoms with E-state index in [2.05, 4.69) is 9.97 Å². The van der Waals surface area contributed by atoms with Gasteiger partial charge in [-0.3, -0.25) is 4.98 Å². The zero-order valence-electron chi connectivity index (χ0n) is 13.3. The van der Waals surface area contributed by atoms with Crippen molar-refractivity contribution in [3.63, 3.8) is 0 Å². The van der Waals surface area contributed by atoms with E-state index in [9.17, 15) is 0 Å². The molecule has 0 aliphatic carbocycles. The number of para-hydroxylation sites is 2. The van der Waals surface area contributed by atoms with Crippen LogP contribution in [0.3, 0.4) is 0 Å². The second-order valence-electron chi connectivity index (χ2n) is 5.46. The molecule has 0 bridgehead atoms. The van der Waals surface area contributed by atoms with Crippen LogP contribution in [0.25, 0.3) is 21.9 Å². The van der Waals surface area contributed by atoms with Gasteiger partial charge in [0.2, 0.25) is 0 Å². The van der Waals surface area contributed by atoms with Gasteiger partial charge in [-0.15, -0.1) is 0 Å². The average molecular weight is 319 g/mol. The maximum Gasteiger partial charge on any atom is 0.149 e. The number of rotatable bonds is 5. The van der Waals surface area contributed by atoms with Gasteiger partial charge in [0.1, 0.15) is 35.8 Å². The number of aromatic nitrogens is 3. The Morgan fingerprint density at radius 3 is 2.58 bits per heavy atom. The minimum Gasteiger partial charge on any atom is -0.490 e. The molecule has 0 amide bonds.